The lowest BCUT2D eigenvalue weighted by Crippen LogP contribution is -2.35. The minimum atomic E-state index is 0.103. The highest BCUT2D eigenvalue weighted by Crippen LogP contribution is 2.15. The highest BCUT2D eigenvalue weighted by Gasteiger charge is 2.14. The molecule has 19 heavy (non-hydrogen) atoms. The first-order chi connectivity index (χ1) is 8.81. The van der Waals surface area contributed by atoms with Crippen LogP contribution in [0.3, 0.4) is 0 Å². The summed E-state index contributed by atoms with van der Waals surface area (Å²) in [5.74, 6) is 1.04. The summed E-state index contributed by atoms with van der Waals surface area (Å²) in [6.45, 7) is 18.4. The van der Waals surface area contributed by atoms with Gasteiger partial charge in [0.25, 0.3) is 0 Å². The van der Waals surface area contributed by atoms with E-state index < -0.39 is 0 Å². The van der Waals surface area contributed by atoms with Crippen LogP contribution in [0.2, 0.25) is 0 Å². The van der Waals surface area contributed by atoms with Gasteiger partial charge in [-0.25, -0.2) is 0 Å². The van der Waals surface area contributed by atoms with Crippen LogP contribution in [0.1, 0.15) is 45.9 Å². The summed E-state index contributed by atoms with van der Waals surface area (Å²) in [7, 11) is 0. The molecule has 1 N–H and O–H groups in total. The van der Waals surface area contributed by atoms with E-state index >= 15 is 0 Å². The van der Waals surface area contributed by atoms with Crippen LogP contribution in [-0.2, 0) is 13.1 Å². The van der Waals surface area contributed by atoms with E-state index in [2.05, 4.69) is 57.5 Å². The summed E-state index contributed by atoms with van der Waals surface area (Å²) in [6, 6.07) is 2.07. The van der Waals surface area contributed by atoms with Crippen molar-refractivity contribution in [3.05, 3.63) is 35.8 Å². The molecule has 1 rings (SSSR count). The Labute approximate surface area is 117 Å². The molecular formula is C16H28N2O. The van der Waals surface area contributed by atoms with Crippen LogP contribution in [0.4, 0.5) is 0 Å². The highest BCUT2D eigenvalue weighted by molar-refractivity contribution is 5.17. The minimum absolute atomic E-state index is 0.103. The maximum Gasteiger partial charge on any atom is 0.122 e. The summed E-state index contributed by atoms with van der Waals surface area (Å²) >= 11 is 0. The van der Waals surface area contributed by atoms with Crippen molar-refractivity contribution < 1.29 is 4.42 Å². The van der Waals surface area contributed by atoms with Crippen LogP contribution in [0.25, 0.3) is 0 Å². The van der Waals surface area contributed by atoms with E-state index in [9.17, 15) is 0 Å². The predicted molar refractivity (Wildman–Crippen MR) is 81.1 cm³/mol. The van der Waals surface area contributed by atoms with E-state index in [1.165, 1.54) is 11.1 Å². The van der Waals surface area contributed by atoms with Crippen molar-refractivity contribution in [3.8, 4) is 0 Å². The van der Waals surface area contributed by atoms with Crippen molar-refractivity contribution >= 4 is 0 Å². The van der Waals surface area contributed by atoms with Gasteiger partial charge in [0, 0.05) is 24.2 Å². The molecule has 0 unspecified atom stereocenters. The van der Waals surface area contributed by atoms with Crippen LogP contribution < -0.4 is 5.32 Å². The lowest BCUT2D eigenvalue weighted by atomic mass is 10.1. The topological polar surface area (TPSA) is 28.4 Å². The van der Waals surface area contributed by atoms with Crippen LogP contribution >= 0.6 is 0 Å². The smallest absolute Gasteiger partial charge is 0.122 e. The Morgan fingerprint density at radius 1 is 1.42 bits per heavy atom. The van der Waals surface area contributed by atoms with E-state index in [1.807, 2.05) is 0 Å². The number of furan rings is 1. The third-order valence-corrected chi connectivity index (χ3v) is 2.95. The SMILES string of the molecule is C=C(C)CN(CC)Cc1ccoc1CNC(C)(C)C. The third-order valence-electron chi connectivity index (χ3n) is 2.95. The fourth-order valence-electron chi connectivity index (χ4n) is 1.91. The molecule has 0 spiro atoms. The molecule has 0 saturated heterocycles. The molecule has 3 nitrogen and oxygen atoms in total. The Hall–Kier alpha value is -1.06. The Balaban J connectivity index is 2.63. The van der Waals surface area contributed by atoms with Gasteiger partial charge in [0.2, 0.25) is 0 Å². The van der Waals surface area contributed by atoms with Gasteiger partial charge >= 0.3 is 0 Å². The molecule has 0 fully saturated rings. The maximum atomic E-state index is 5.60. The number of hydrogen-bond donors (Lipinski definition) is 1. The molecule has 0 saturated carbocycles. The molecule has 1 aromatic rings. The fraction of sp³-hybridized carbons (Fsp3) is 0.625. The molecule has 0 atom stereocenters. The van der Waals surface area contributed by atoms with Gasteiger partial charge < -0.3 is 9.73 Å². The molecule has 0 aliphatic carbocycles. The van der Waals surface area contributed by atoms with Crippen molar-refractivity contribution in [2.75, 3.05) is 13.1 Å². The molecule has 1 heterocycles. The van der Waals surface area contributed by atoms with Crippen LogP contribution in [-0.4, -0.2) is 23.5 Å². The van der Waals surface area contributed by atoms with Gasteiger partial charge in [0.1, 0.15) is 5.76 Å². The molecule has 0 bridgehead atoms. The van der Waals surface area contributed by atoms with Gasteiger partial charge in [-0.2, -0.15) is 0 Å². The summed E-state index contributed by atoms with van der Waals surface area (Å²) in [5.41, 5.74) is 2.56. The zero-order valence-corrected chi connectivity index (χ0v) is 13.0. The lowest BCUT2D eigenvalue weighted by molar-refractivity contribution is 0.299. The Morgan fingerprint density at radius 3 is 2.63 bits per heavy atom. The Kier molecular flexibility index (Phi) is 5.83. The summed E-state index contributed by atoms with van der Waals surface area (Å²) < 4.78 is 5.60. The highest BCUT2D eigenvalue weighted by atomic mass is 16.3. The van der Waals surface area contributed by atoms with E-state index in [0.29, 0.717) is 0 Å². The van der Waals surface area contributed by atoms with Crippen molar-refractivity contribution in [1.82, 2.24) is 10.2 Å². The number of nitrogens with one attached hydrogen (secondary N) is 1. The molecule has 0 radical (unpaired) electrons. The molecule has 1 aromatic heterocycles. The second kappa shape index (κ2) is 6.92. The van der Waals surface area contributed by atoms with E-state index in [0.717, 1.165) is 31.9 Å². The van der Waals surface area contributed by atoms with Crippen LogP contribution in [0, 0.1) is 0 Å². The first-order valence-corrected chi connectivity index (χ1v) is 6.99. The number of likely N-dealkylation sites (N-methyl/N-ethyl adjacent to an activating group) is 1. The van der Waals surface area contributed by atoms with Crippen molar-refractivity contribution in [3.63, 3.8) is 0 Å². The zero-order chi connectivity index (χ0) is 14.5. The zero-order valence-electron chi connectivity index (χ0n) is 13.0. The normalized spacial score (nSPS) is 12.1. The van der Waals surface area contributed by atoms with E-state index in [1.54, 1.807) is 6.26 Å². The van der Waals surface area contributed by atoms with Crippen molar-refractivity contribution in [1.29, 1.82) is 0 Å². The average molecular weight is 264 g/mol. The second-order valence-corrected chi connectivity index (χ2v) is 6.23. The van der Waals surface area contributed by atoms with Gasteiger partial charge in [-0.15, -0.1) is 0 Å². The summed E-state index contributed by atoms with van der Waals surface area (Å²) in [4.78, 5) is 2.37. The first kappa shape index (κ1) is 16.0. The van der Waals surface area contributed by atoms with Crippen molar-refractivity contribution in [2.45, 2.75) is 53.2 Å². The number of hydrogen-bond acceptors (Lipinski definition) is 3. The molecule has 0 aliphatic heterocycles. The molecule has 3 heteroatoms. The quantitative estimate of drug-likeness (QED) is 0.763. The van der Waals surface area contributed by atoms with Crippen molar-refractivity contribution in [2.24, 2.45) is 0 Å². The number of nitrogens with zero attached hydrogens (tertiary/aromatic N) is 1. The van der Waals surface area contributed by atoms with Gasteiger partial charge in [-0.05, 0) is 40.3 Å². The lowest BCUT2D eigenvalue weighted by Gasteiger charge is -2.22. The van der Waals surface area contributed by atoms with E-state index in [4.69, 9.17) is 4.42 Å². The van der Waals surface area contributed by atoms with Crippen LogP contribution in [0.15, 0.2) is 28.9 Å². The Morgan fingerprint density at radius 2 is 2.11 bits per heavy atom. The molecule has 0 aliphatic rings. The minimum Gasteiger partial charge on any atom is -0.468 e. The van der Waals surface area contributed by atoms with E-state index in [-0.39, 0.29) is 5.54 Å². The molecular weight excluding hydrogens is 236 g/mol. The molecule has 0 aromatic carbocycles. The maximum absolute atomic E-state index is 5.60. The molecule has 0 amide bonds. The third kappa shape index (κ3) is 6.08. The fourth-order valence-corrected chi connectivity index (χ4v) is 1.91. The van der Waals surface area contributed by atoms with Crippen LogP contribution in [0.5, 0.6) is 0 Å². The standard InChI is InChI=1S/C16H28N2O/c1-7-18(11-13(2)3)12-14-8-9-19-15(14)10-17-16(4,5)6/h8-9,17H,2,7,10-12H2,1,3-6H3. The number of rotatable bonds is 7. The second-order valence-electron chi connectivity index (χ2n) is 6.23. The summed E-state index contributed by atoms with van der Waals surface area (Å²) in [5, 5.41) is 3.47. The predicted octanol–water partition coefficient (Wildman–Crippen LogP) is 3.57. The van der Waals surface area contributed by atoms with Gasteiger partial charge in [-0.3, -0.25) is 4.90 Å². The Bertz CT molecular complexity index is 401. The average Bonchev–Trinajstić information content (AvgIpc) is 2.71. The van der Waals surface area contributed by atoms with Gasteiger partial charge in [0.15, 0.2) is 0 Å². The van der Waals surface area contributed by atoms with Gasteiger partial charge in [-0.1, -0.05) is 19.1 Å². The molecule has 108 valence electrons. The first-order valence-electron chi connectivity index (χ1n) is 6.99. The van der Waals surface area contributed by atoms with Gasteiger partial charge in [0.05, 0.1) is 12.8 Å². The monoisotopic (exact) mass is 264 g/mol. The largest absolute Gasteiger partial charge is 0.468 e. The summed E-state index contributed by atoms with van der Waals surface area (Å²) in [6.07, 6.45) is 1.78.